The second-order valence-electron chi connectivity index (χ2n) is 8.18. The molecule has 0 radical (unpaired) electrons. The molecule has 0 fully saturated rings. The average Bonchev–Trinajstić information content (AvgIpc) is 2.78. The van der Waals surface area contributed by atoms with Crippen LogP contribution in [0.2, 0.25) is 0 Å². The van der Waals surface area contributed by atoms with Crippen molar-refractivity contribution in [2.45, 2.75) is 25.7 Å². The quantitative estimate of drug-likeness (QED) is 0.515. The summed E-state index contributed by atoms with van der Waals surface area (Å²) in [6.45, 7) is 4.45. The van der Waals surface area contributed by atoms with E-state index in [9.17, 15) is 9.90 Å². The third-order valence-electron chi connectivity index (χ3n) is 5.47. The van der Waals surface area contributed by atoms with Crippen LogP contribution >= 0.6 is 0 Å². The Morgan fingerprint density at radius 1 is 0.839 bits per heavy atom. The highest BCUT2D eigenvalue weighted by Crippen LogP contribution is 2.39. The Kier molecular flexibility index (Phi) is 5.48. The molecule has 0 atom stereocenters. The van der Waals surface area contributed by atoms with E-state index >= 15 is 0 Å². The molecule has 31 heavy (non-hydrogen) atoms. The van der Waals surface area contributed by atoms with E-state index < -0.39 is 5.97 Å². The Bertz CT molecular complexity index is 1300. The van der Waals surface area contributed by atoms with Gasteiger partial charge in [-0.15, -0.1) is 0 Å². The Balaban J connectivity index is 1.71. The first kappa shape index (κ1) is 20.3. The summed E-state index contributed by atoms with van der Waals surface area (Å²) in [4.78, 5) is 11.4. The number of fused-ring (bicyclic) bond motifs is 1. The van der Waals surface area contributed by atoms with Gasteiger partial charge in [0, 0.05) is 22.3 Å². The van der Waals surface area contributed by atoms with Crippen molar-refractivity contribution < 1.29 is 9.90 Å². The molecule has 150 valence electrons. The van der Waals surface area contributed by atoms with E-state index in [0.29, 0.717) is 5.56 Å². The summed E-state index contributed by atoms with van der Waals surface area (Å²) in [5.74, 6) is 11.8. The van der Waals surface area contributed by atoms with Gasteiger partial charge in [0.25, 0.3) is 0 Å². The second-order valence-corrected chi connectivity index (χ2v) is 8.18. The predicted molar refractivity (Wildman–Crippen MR) is 125 cm³/mol. The Morgan fingerprint density at radius 2 is 1.55 bits per heavy atom. The summed E-state index contributed by atoms with van der Waals surface area (Å²) in [7, 11) is 0. The molecule has 0 heterocycles. The van der Waals surface area contributed by atoms with Gasteiger partial charge in [0.05, 0.1) is 5.56 Å². The van der Waals surface area contributed by atoms with Crippen LogP contribution in [-0.4, -0.2) is 11.1 Å². The first-order valence-corrected chi connectivity index (χ1v) is 10.2. The van der Waals surface area contributed by atoms with E-state index in [4.69, 9.17) is 0 Å². The van der Waals surface area contributed by atoms with Gasteiger partial charge in [-0.2, -0.15) is 0 Å². The summed E-state index contributed by atoms with van der Waals surface area (Å²) in [5, 5.41) is 9.36. The van der Waals surface area contributed by atoms with Gasteiger partial charge >= 0.3 is 5.97 Å². The molecule has 3 aromatic rings. The molecule has 0 bridgehead atoms. The number of carboxylic acid groups (broad SMARTS) is 1. The lowest BCUT2D eigenvalue weighted by atomic mass is 9.73. The van der Waals surface area contributed by atoms with Crippen molar-refractivity contribution in [3.63, 3.8) is 0 Å². The second kappa shape index (κ2) is 8.39. The lowest BCUT2D eigenvalue weighted by Gasteiger charge is -2.31. The van der Waals surface area contributed by atoms with Crippen LogP contribution in [0.25, 0.3) is 5.57 Å². The molecule has 1 N–H and O–H groups in total. The zero-order valence-electron chi connectivity index (χ0n) is 17.6. The van der Waals surface area contributed by atoms with Crippen molar-refractivity contribution in [2.75, 3.05) is 0 Å². The molecule has 4 rings (SSSR count). The van der Waals surface area contributed by atoms with Crippen molar-refractivity contribution in [1.29, 1.82) is 0 Å². The first-order chi connectivity index (χ1) is 14.9. The van der Waals surface area contributed by atoms with Crippen molar-refractivity contribution in [1.82, 2.24) is 0 Å². The number of carbonyl (C=O) groups is 1. The molecule has 2 nitrogen and oxygen atoms in total. The zero-order chi connectivity index (χ0) is 21.8. The van der Waals surface area contributed by atoms with Gasteiger partial charge < -0.3 is 5.11 Å². The molecule has 0 amide bonds. The van der Waals surface area contributed by atoms with Crippen molar-refractivity contribution in [2.24, 2.45) is 0 Å². The summed E-state index contributed by atoms with van der Waals surface area (Å²) >= 11 is 0. The normalized spacial score (nSPS) is 13.5. The standard InChI is InChI=1S/C29H22O2/c1-29(2)19-18-24(15-12-21-8-4-3-5-9-21)25-17-14-22(20-27(25)29)13-16-23-10-6-7-11-26(23)28(30)31/h3-11,14,17-18,20H,19H2,1-2H3,(H,30,31). The minimum atomic E-state index is -0.969. The van der Waals surface area contributed by atoms with Crippen LogP contribution in [0.4, 0.5) is 0 Å². The van der Waals surface area contributed by atoms with E-state index in [2.05, 4.69) is 55.7 Å². The van der Waals surface area contributed by atoms with Crippen LogP contribution in [0.3, 0.4) is 0 Å². The number of carboxylic acids is 1. The lowest BCUT2D eigenvalue weighted by molar-refractivity contribution is 0.0696. The first-order valence-electron chi connectivity index (χ1n) is 10.2. The molecular formula is C29H22O2. The largest absolute Gasteiger partial charge is 0.478 e. The van der Waals surface area contributed by atoms with Crippen molar-refractivity contribution in [3.8, 4) is 23.7 Å². The Hall–Kier alpha value is -4.01. The Morgan fingerprint density at radius 3 is 2.32 bits per heavy atom. The Labute approximate surface area is 183 Å². The van der Waals surface area contributed by atoms with Crippen LogP contribution < -0.4 is 0 Å². The summed E-state index contributed by atoms with van der Waals surface area (Å²) < 4.78 is 0. The van der Waals surface area contributed by atoms with Crippen molar-refractivity contribution in [3.05, 3.63) is 112 Å². The van der Waals surface area contributed by atoms with Crippen molar-refractivity contribution >= 4 is 11.5 Å². The summed E-state index contributed by atoms with van der Waals surface area (Å²) in [6.07, 6.45) is 3.12. The molecule has 0 unspecified atom stereocenters. The third kappa shape index (κ3) is 4.45. The fourth-order valence-electron chi connectivity index (χ4n) is 3.69. The molecule has 1 aliphatic rings. The smallest absolute Gasteiger partial charge is 0.336 e. The topological polar surface area (TPSA) is 37.3 Å². The van der Waals surface area contributed by atoms with Gasteiger partial charge in [-0.25, -0.2) is 4.79 Å². The molecule has 0 spiro atoms. The SMILES string of the molecule is CC1(C)CC=C(C#Cc2ccccc2)c2ccc(C#Cc3ccccc3C(=O)O)cc21. The molecule has 3 aromatic carbocycles. The van der Waals surface area contributed by atoms with Gasteiger partial charge in [0.1, 0.15) is 0 Å². The number of rotatable bonds is 1. The lowest BCUT2D eigenvalue weighted by Crippen LogP contribution is -2.21. The van der Waals surface area contributed by atoms with Gasteiger partial charge in [-0.05, 0) is 59.4 Å². The highest BCUT2D eigenvalue weighted by atomic mass is 16.4. The number of aromatic carboxylic acids is 1. The van der Waals surface area contributed by atoms with E-state index in [0.717, 1.165) is 28.7 Å². The summed E-state index contributed by atoms with van der Waals surface area (Å²) in [6, 6.07) is 23.0. The van der Waals surface area contributed by atoms with Gasteiger partial charge in [0.15, 0.2) is 0 Å². The molecule has 0 aliphatic heterocycles. The van der Waals surface area contributed by atoms with Gasteiger partial charge in [0.2, 0.25) is 0 Å². The minimum absolute atomic E-state index is 0.0239. The van der Waals surface area contributed by atoms with Gasteiger partial charge in [-0.1, -0.05) is 80.0 Å². The van der Waals surface area contributed by atoms with E-state index in [1.54, 1.807) is 24.3 Å². The maximum absolute atomic E-state index is 11.4. The maximum Gasteiger partial charge on any atom is 0.336 e. The fraction of sp³-hybridized carbons (Fsp3) is 0.138. The monoisotopic (exact) mass is 402 g/mol. The molecule has 0 saturated carbocycles. The maximum atomic E-state index is 11.4. The van der Waals surface area contributed by atoms with E-state index in [1.807, 2.05) is 36.4 Å². The van der Waals surface area contributed by atoms with Crippen LogP contribution in [0, 0.1) is 23.7 Å². The van der Waals surface area contributed by atoms with Crippen LogP contribution in [0.5, 0.6) is 0 Å². The van der Waals surface area contributed by atoms with E-state index in [-0.39, 0.29) is 11.0 Å². The number of allylic oxidation sites excluding steroid dienone is 2. The highest BCUT2D eigenvalue weighted by molar-refractivity contribution is 5.90. The predicted octanol–water partition coefficient (Wildman–Crippen LogP) is 5.90. The molecule has 0 saturated heterocycles. The highest BCUT2D eigenvalue weighted by Gasteiger charge is 2.27. The molecule has 0 aromatic heterocycles. The zero-order valence-corrected chi connectivity index (χ0v) is 17.6. The number of hydrogen-bond donors (Lipinski definition) is 1. The van der Waals surface area contributed by atoms with Crippen LogP contribution in [0.15, 0.2) is 78.9 Å². The molecular weight excluding hydrogens is 380 g/mol. The van der Waals surface area contributed by atoms with E-state index in [1.165, 1.54) is 5.56 Å². The summed E-state index contributed by atoms with van der Waals surface area (Å²) in [5.41, 5.74) is 5.95. The third-order valence-corrected chi connectivity index (χ3v) is 5.47. The fourth-order valence-corrected chi connectivity index (χ4v) is 3.69. The molecule has 2 heteroatoms. The number of hydrogen-bond acceptors (Lipinski definition) is 1. The minimum Gasteiger partial charge on any atom is -0.478 e. The number of benzene rings is 3. The molecule has 1 aliphatic carbocycles. The average molecular weight is 402 g/mol. The van der Waals surface area contributed by atoms with Gasteiger partial charge in [-0.3, -0.25) is 0 Å². The van der Waals surface area contributed by atoms with Crippen LogP contribution in [-0.2, 0) is 5.41 Å². The van der Waals surface area contributed by atoms with Crippen LogP contribution in [0.1, 0.15) is 58.4 Å².